The Labute approximate surface area is 189 Å². The van der Waals surface area contributed by atoms with Crippen molar-refractivity contribution < 1.29 is 12.8 Å². The molecule has 0 amide bonds. The maximum atomic E-state index is 13.0. The zero-order valence-corrected chi connectivity index (χ0v) is 19.8. The van der Waals surface area contributed by atoms with E-state index in [0.717, 1.165) is 29.7 Å². The number of benzene rings is 2. The Balaban J connectivity index is 0.00000420. The molecule has 160 valence electrons. The van der Waals surface area contributed by atoms with Crippen LogP contribution in [0.4, 0.5) is 4.39 Å². The quantitative estimate of drug-likeness (QED) is 0.263. The summed E-state index contributed by atoms with van der Waals surface area (Å²) in [6, 6.07) is 13.8. The number of nitrogens with one attached hydrogen (secondary N) is 3. The van der Waals surface area contributed by atoms with E-state index in [0.29, 0.717) is 19.0 Å². The van der Waals surface area contributed by atoms with Crippen molar-refractivity contribution in [3.8, 4) is 0 Å². The Hall–Kier alpha value is -1.72. The summed E-state index contributed by atoms with van der Waals surface area (Å²) >= 11 is 0. The molecule has 0 aliphatic carbocycles. The highest BCUT2D eigenvalue weighted by Gasteiger charge is 2.08. The summed E-state index contributed by atoms with van der Waals surface area (Å²) in [5, 5.41) is 6.44. The summed E-state index contributed by atoms with van der Waals surface area (Å²) in [5.41, 5.74) is 2.69. The topological polar surface area (TPSA) is 82.6 Å². The Morgan fingerprint density at radius 1 is 1.03 bits per heavy atom. The van der Waals surface area contributed by atoms with Crippen LogP contribution in [0.5, 0.6) is 0 Å². The summed E-state index contributed by atoms with van der Waals surface area (Å²) in [6.45, 7) is 3.81. The minimum absolute atomic E-state index is 0. The van der Waals surface area contributed by atoms with Gasteiger partial charge in [-0.15, -0.1) is 24.0 Å². The van der Waals surface area contributed by atoms with Gasteiger partial charge in [0.15, 0.2) is 5.96 Å². The van der Waals surface area contributed by atoms with Gasteiger partial charge in [0.1, 0.15) is 5.82 Å². The monoisotopic (exact) mass is 534 g/mol. The number of sulfonamides is 1. The molecule has 29 heavy (non-hydrogen) atoms. The number of hydrogen-bond donors (Lipinski definition) is 3. The van der Waals surface area contributed by atoms with Crippen molar-refractivity contribution in [1.29, 1.82) is 0 Å². The smallest absolute Gasteiger partial charge is 0.215 e. The molecule has 3 N–H and O–H groups in total. The first-order valence-corrected chi connectivity index (χ1v) is 10.8. The fourth-order valence-corrected chi connectivity index (χ4v) is 3.36. The van der Waals surface area contributed by atoms with E-state index in [4.69, 9.17) is 0 Å². The van der Waals surface area contributed by atoms with Crippen LogP contribution in [0.3, 0.4) is 0 Å². The van der Waals surface area contributed by atoms with Gasteiger partial charge in [0, 0.05) is 13.1 Å². The predicted molar refractivity (Wildman–Crippen MR) is 126 cm³/mol. The fourth-order valence-electron chi connectivity index (χ4n) is 2.60. The van der Waals surface area contributed by atoms with E-state index in [9.17, 15) is 12.8 Å². The molecule has 2 aromatic rings. The van der Waals surface area contributed by atoms with Gasteiger partial charge in [0.05, 0.1) is 12.3 Å². The van der Waals surface area contributed by atoms with Crippen LogP contribution in [0.1, 0.15) is 23.6 Å². The van der Waals surface area contributed by atoms with Crippen LogP contribution in [0.15, 0.2) is 53.5 Å². The minimum Gasteiger partial charge on any atom is -0.357 e. The lowest BCUT2D eigenvalue weighted by Crippen LogP contribution is -2.38. The van der Waals surface area contributed by atoms with E-state index in [2.05, 4.69) is 20.3 Å². The second-order valence-corrected chi connectivity index (χ2v) is 8.21. The molecule has 0 aliphatic rings. The molecule has 0 radical (unpaired) electrons. The van der Waals surface area contributed by atoms with Crippen LogP contribution in [-0.4, -0.2) is 34.5 Å². The number of hydrogen-bond acceptors (Lipinski definition) is 3. The van der Waals surface area contributed by atoms with Gasteiger partial charge >= 0.3 is 0 Å². The Morgan fingerprint density at radius 2 is 1.72 bits per heavy atom. The van der Waals surface area contributed by atoms with Crippen LogP contribution < -0.4 is 15.4 Å². The van der Waals surface area contributed by atoms with Crippen molar-refractivity contribution in [2.45, 2.75) is 25.6 Å². The van der Waals surface area contributed by atoms with Gasteiger partial charge in [-0.05, 0) is 49.2 Å². The van der Waals surface area contributed by atoms with Crippen LogP contribution in [0.25, 0.3) is 0 Å². The third-order valence-corrected chi connectivity index (χ3v) is 5.38. The van der Waals surface area contributed by atoms with E-state index in [1.54, 1.807) is 18.2 Å². The van der Waals surface area contributed by atoms with Gasteiger partial charge in [-0.25, -0.2) is 22.5 Å². The molecule has 0 aliphatic heterocycles. The zero-order chi connectivity index (χ0) is 20.4. The lowest BCUT2D eigenvalue weighted by atomic mass is 10.1. The number of halogens is 2. The van der Waals surface area contributed by atoms with Gasteiger partial charge in [-0.1, -0.05) is 36.4 Å². The van der Waals surface area contributed by atoms with Crippen molar-refractivity contribution >= 4 is 40.0 Å². The highest BCUT2D eigenvalue weighted by Crippen LogP contribution is 2.10. The van der Waals surface area contributed by atoms with Gasteiger partial charge in [-0.3, -0.25) is 0 Å². The first kappa shape index (κ1) is 25.3. The second kappa shape index (κ2) is 12.8. The van der Waals surface area contributed by atoms with E-state index >= 15 is 0 Å². The maximum Gasteiger partial charge on any atom is 0.215 e. The van der Waals surface area contributed by atoms with Gasteiger partial charge < -0.3 is 10.6 Å². The highest BCUT2D eigenvalue weighted by atomic mass is 127. The SMILES string of the molecule is CCNC(=NCc1cccc(CS(=O)(=O)NC)c1)NCCc1ccc(F)cc1.I. The Morgan fingerprint density at radius 3 is 2.38 bits per heavy atom. The number of nitrogens with zero attached hydrogens (tertiary/aromatic N) is 1. The normalized spacial score (nSPS) is 11.6. The highest BCUT2D eigenvalue weighted by molar-refractivity contribution is 14.0. The summed E-state index contributed by atoms with van der Waals surface area (Å²) in [4.78, 5) is 4.56. The van der Waals surface area contributed by atoms with Crippen molar-refractivity contribution in [3.05, 3.63) is 71.0 Å². The predicted octanol–water partition coefficient (Wildman–Crippen LogP) is 2.79. The first-order valence-electron chi connectivity index (χ1n) is 9.17. The minimum atomic E-state index is -3.30. The molecule has 0 bridgehead atoms. The van der Waals surface area contributed by atoms with Crippen LogP contribution in [0, 0.1) is 5.82 Å². The van der Waals surface area contributed by atoms with Gasteiger partial charge in [0.25, 0.3) is 0 Å². The second-order valence-electron chi connectivity index (χ2n) is 6.28. The zero-order valence-electron chi connectivity index (χ0n) is 16.6. The van der Waals surface area contributed by atoms with Crippen LogP contribution in [-0.2, 0) is 28.7 Å². The summed E-state index contributed by atoms with van der Waals surface area (Å²) in [6.07, 6.45) is 0.752. The number of guanidine groups is 1. The molecule has 0 atom stereocenters. The standard InChI is InChI=1S/C20H27FN4O2S.HI/c1-3-23-20(24-12-11-16-7-9-19(21)10-8-16)25-14-17-5-4-6-18(13-17)15-28(26,27)22-2;/h4-10,13,22H,3,11-12,14-15H2,1-2H3,(H2,23,24,25);1H. The molecule has 6 nitrogen and oxygen atoms in total. The molecule has 0 saturated heterocycles. The molecule has 2 rings (SSSR count). The Bertz CT molecular complexity index is 890. The van der Waals surface area contributed by atoms with Crippen molar-refractivity contribution in [2.24, 2.45) is 4.99 Å². The molecule has 0 aromatic heterocycles. The number of rotatable bonds is 9. The van der Waals surface area contributed by atoms with Crippen molar-refractivity contribution in [2.75, 3.05) is 20.1 Å². The molecule has 0 spiro atoms. The van der Waals surface area contributed by atoms with Crippen molar-refractivity contribution in [3.63, 3.8) is 0 Å². The third-order valence-electron chi connectivity index (χ3n) is 4.04. The summed E-state index contributed by atoms with van der Waals surface area (Å²) in [5.74, 6) is 0.381. The van der Waals surface area contributed by atoms with E-state index in [1.165, 1.54) is 19.2 Å². The lowest BCUT2D eigenvalue weighted by Gasteiger charge is -2.11. The molecule has 0 unspecified atom stereocenters. The third kappa shape index (κ3) is 9.55. The largest absolute Gasteiger partial charge is 0.357 e. The molecule has 0 heterocycles. The number of aliphatic imine (C=N–C) groups is 1. The van der Waals surface area contributed by atoms with E-state index in [1.807, 2.05) is 25.1 Å². The fraction of sp³-hybridized carbons (Fsp3) is 0.350. The van der Waals surface area contributed by atoms with Crippen LogP contribution in [0.2, 0.25) is 0 Å². The first-order chi connectivity index (χ1) is 13.4. The average Bonchev–Trinajstić information content (AvgIpc) is 2.67. The maximum absolute atomic E-state index is 13.0. The Kier molecular flexibility index (Phi) is 11.1. The summed E-state index contributed by atoms with van der Waals surface area (Å²) < 4.78 is 38.7. The van der Waals surface area contributed by atoms with Crippen LogP contribution >= 0.6 is 24.0 Å². The van der Waals surface area contributed by atoms with E-state index < -0.39 is 10.0 Å². The van der Waals surface area contributed by atoms with E-state index in [-0.39, 0.29) is 35.5 Å². The molecule has 0 saturated carbocycles. The summed E-state index contributed by atoms with van der Waals surface area (Å²) in [7, 11) is -1.90. The van der Waals surface area contributed by atoms with Crippen molar-refractivity contribution in [1.82, 2.24) is 15.4 Å². The van der Waals surface area contributed by atoms with Gasteiger partial charge in [-0.2, -0.15) is 0 Å². The molecular formula is C20H28FIN4O2S. The molecule has 9 heteroatoms. The average molecular weight is 534 g/mol. The molecular weight excluding hydrogens is 506 g/mol. The molecule has 2 aromatic carbocycles. The molecule has 0 fully saturated rings. The van der Waals surface area contributed by atoms with Gasteiger partial charge in [0.2, 0.25) is 10.0 Å². The lowest BCUT2D eigenvalue weighted by molar-refractivity contribution is 0.587.